The van der Waals surface area contributed by atoms with Crippen LogP contribution in [0.15, 0.2) is 11.6 Å². The molecule has 0 amide bonds. The Balaban J connectivity index is 2.01. The van der Waals surface area contributed by atoms with Crippen molar-refractivity contribution in [3.63, 3.8) is 0 Å². The first kappa shape index (κ1) is 15.0. The molecule has 0 aliphatic carbocycles. The van der Waals surface area contributed by atoms with Gasteiger partial charge in [-0.1, -0.05) is 32.4 Å². The number of nitrogens with one attached hydrogen (secondary N) is 1. The zero-order valence-electron chi connectivity index (χ0n) is 13.4. The van der Waals surface area contributed by atoms with Gasteiger partial charge in [0.05, 0.1) is 5.66 Å². The minimum absolute atomic E-state index is 0.183. The predicted molar refractivity (Wildman–Crippen MR) is 82.2 cm³/mol. The molecule has 1 saturated heterocycles. The van der Waals surface area contributed by atoms with Crippen LogP contribution in [0.25, 0.3) is 0 Å². The zero-order chi connectivity index (χ0) is 14.1. The molecule has 19 heavy (non-hydrogen) atoms. The van der Waals surface area contributed by atoms with Gasteiger partial charge in [-0.05, 0) is 25.7 Å². The number of piperazine rings is 1. The summed E-state index contributed by atoms with van der Waals surface area (Å²) in [5, 5.41) is 3.44. The first-order chi connectivity index (χ1) is 8.82. The van der Waals surface area contributed by atoms with Crippen molar-refractivity contribution in [2.45, 2.75) is 46.7 Å². The Kier molecular flexibility index (Phi) is 4.38. The first-order valence-electron chi connectivity index (χ1n) is 7.72. The van der Waals surface area contributed by atoms with Gasteiger partial charge in [-0.15, -0.1) is 0 Å². The molecule has 0 bridgehead atoms. The molecule has 2 heterocycles. The van der Waals surface area contributed by atoms with E-state index in [0.29, 0.717) is 5.41 Å². The highest BCUT2D eigenvalue weighted by molar-refractivity contribution is 5.15. The molecular formula is C16H31N3. The maximum atomic E-state index is 3.44. The van der Waals surface area contributed by atoms with Gasteiger partial charge in [-0.2, -0.15) is 0 Å². The summed E-state index contributed by atoms with van der Waals surface area (Å²) in [4.78, 5) is 5.26. The van der Waals surface area contributed by atoms with E-state index in [2.05, 4.69) is 55.8 Å². The summed E-state index contributed by atoms with van der Waals surface area (Å²) in [7, 11) is 0. The highest BCUT2D eigenvalue weighted by atomic mass is 15.4. The second-order valence-electron chi connectivity index (χ2n) is 7.41. The van der Waals surface area contributed by atoms with E-state index in [1.807, 2.05) is 0 Å². The average molecular weight is 265 g/mol. The number of nitrogens with zero attached hydrogens (tertiary/aromatic N) is 2. The molecule has 2 aliphatic heterocycles. The molecule has 0 radical (unpaired) electrons. The van der Waals surface area contributed by atoms with Gasteiger partial charge in [0, 0.05) is 39.3 Å². The van der Waals surface area contributed by atoms with Gasteiger partial charge < -0.3 is 5.32 Å². The quantitative estimate of drug-likeness (QED) is 0.773. The Morgan fingerprint density at radius 3 is 2.05 bits per heavy atom. The number of rotatable bonds is 2. The highest BCUT2D eigenvalue weighted by Gasteiger charge is 2.35. The fourth-order valence-corrected chi connectivity index (χ4v) is 3.26. The van der Waals surface area contributed by atoms with Crippen LogP contribution < -0.4 is 5.32 Å². The van der Waals surface area contributed by atoms with E-state index in [1.165, 1.54) is 26.1 Å². The summed E-state index contributed by atoms with van der Waals surface area (Å²) in [5.41, 5.74) is 2.15. The Morgan fingerprint density at radius 2 is 1.58 bits per heavy atom. The van der Waals surface area contributed by atoms with Crippen molar-refractivity contribution in [2.75, 3.05) is 39.3 Å². The summed E-state index contributed by atoms with van der Waals surface area (Å²) in [5.74, 6) is 0. The molecule has 1 fully saturated rings. The molecule has 0 unspecified atom stereocenters. The van der Waals surface area contributed by atoms with Gasteiger partial charge in [0.2, 0.25) is 0 Å². The largest absolute Gasteiger partial charge is 0.314 e. The molecule has 0 aromatic heterocycles. The molecule has 0 aromatic rings. The topological polar surface area (TPSA) is 18.5 Å². The van der Waals surface area contributed by atoms with E-state index in [1.54, 1.807) is 5.57 Å². The van der Waals surface area contributed by atoms with Crippen molar-refractivity contribution in [1.29, 1.82) is 0 Å². The van der Waals surface area contributed by atoms with Gasteiger partial charge in [-0.3, -0.25) is 9.80 Å². The second kappa shape index (κ2) is 5.55. The second-order valence-corrected chi connectivity index (χ2v) is 7.41. The molecule has 3 heteroatoms. The first-order valence-corrected chi connectivity index (χ1v) is 7.72. The van der Waals surface area contributed by atoms with Crippen molar-refractivity contribution in [2.24, 2.45) is 5.41 Å². The molecule has 0 saturated carbocycles. The smallest absolute Gasteiger partial charge is 0.0683 e. The summed E-state index contributed by atoms with van der Waals surface area (Å²) >= 11 is 0. The van der Waals surface area contributed by atoms with Crippen molar-refractivity contribution >= 4 is 0 Å². The van der Waals surface area contributed by atoms with Gasteiger partial charge in [0.15, 0.2) is 0 Å². The minimum atomic E-state index is 0.183. The fraction of sp³-hybridized carbons (Fsp3) is 0.875. The van der Waals surface area contributed by atoms with Crippen LogP contribution >= 0.6 is 0 Å². The number of hydrogen-bond acceptors (Lipinski definition) is 3. The lowest BCUT2D eigenvalue weighted by Gasteiger charge is -2.49. The zero-order valence-corrected chi connectivity index (χ0v) is 13.4. The maximum Gasteiger partial charge on any atom is 0.0683 e. The molecule has 0 spiro atoms. The van der Waals surface area contributed by atoms with Crippen LogP contribution in [-0.4, -0.2) is 54.7 Å². The standard InChI is InChI=1S/C16H31N3/c1-15(2,3)14-6-10-18(11-7-14)16(4,5)19-12-8-17-9-13-19/h6,17H,7-13H2,1-5H3. The molecule has 3 nitrogen and oxygen atoms in total. The summed E-state index contributed by atoms with van der Waals surface area (Å²) in [6.07, 6.45) is 3.69. The minimum Gasteiger partial charge on any atom is -0.314 e. The highest BCUT2D eigenvalue weighted by Crippen LogP contribution is 2.32. The third-order valence-corrected chi connectivity index (χ3v) is 4.84. The number of hydrogen-bond donors (Lipinski definition) is 1. The molecular weight excluding hydrogens is 234 g/mol. The molecule has 110 valence electrons. The SMILES string of the molecule is CC(C)(C)C1=CCN(C(C)(C)N2CCNCC2)CC1. The van der Waals surface area contributed by atoms with Crippen LogP contribution in [0.2, 0.25) is 0 Å². The van der Waals surface area contributed by atoms with Crippen molar-refractivity contribution in [1.82, 2.24) is 15.1 Å². The normalized spacial score (nSPS) is 24.4. The monoisotopic (exact) mass is 265 g/mol. The molecule has 0 aromatic carbocycles. The van der Waals surface area contributed by atoms with Crippen molar-refractivity contribution in [3.05, 3.63) is 11.6 Å². The molecule has 2 aliphatic rings. The third kappa shape index (κ3) is 3.39. The van der Waals surface area contributed by atoms with E-state index in [-0.39, 0.29) is 5.66 Å². The Morgan fingerprint density at radius 1 is 0.947 bits per heavy atom. The van der Waals surface area contributed by atoms with Crippen LogP contribution in [-0.2, 0) is 0 Å². The lowest BCUT2D eigenvalue weighted by Crippen LogP contribution is -2.62. The van der Waals surface area contributed by atoms with Gasteiger partial charge in [0.25, 0.3) is 0 Å². The lowest BCUT2D eigenvalue weighted by atomic mass is 9.82. The lowest BCUT2D eigenvalue weighted by molar-refractivity contribution is -0.0349. The summed E-state index contributed by atoms with van der Waals surface area (Å²) in [6.45, 7) is 18.6. The van der Waals surface area contributed by atoms with E-state index >= 15 is 0 Å². The summed E-state index contributed by atoms with van der Waals surface area (Å²) < 4.78 is 0. The molecule has 2 rings (SSSR count). The van der Waals surface area contributed by atoms with Gasteiger partial charge in [0.1, 0.15) is 0 Å². The van der Waals surface area contributed by atoms with Crippen molar-refractivity contribution < 1.29 is 0 Å². The van der Waals surface area contributed by atoms with E-state index < -0.39 is 0 Å². The van der Waals surface area contributed by atoms with Crippen LogP contribution in [0, 0.1) is 5.41 Å². The molecule has 0 atom stereocenters. The maximum absolute atomic E-state index is 3.44. The van der Waals surface area contributed by atoms with E-state index in [9.17, 15) is 0 Å². The molecule has 1 N–H and O–H groups in total. The Hall–Kier alpha value is -0.380. The van der Waals surface area contributed by atoms with Gasteiger partial charge in [-0.25, -0.2) is 0 Å². The predicted octanol–water partition coefficient (Wildman–Crippen LogP) is 2.31. The Bertz CT molecular complexity index is 332. The summed E-state index contributed by atoms with van der Waals surface area (Å²) in [6, 6.07) is 0. The van der Waals surface area contributed by atoms with Crippen LogP contribution in [0.5, 0.6) is 0 Å². The van der Waals surface area contributed by atoms with Crippen molar-refractivity contribution in [3.8, 4) is 0 Å². The fourth-order valence-electron chi connectivity index (χ4n) is 3.26. The third-order valence-electron chi connectivity index (χ3n) is 4.84. The van der Waals surface area contributed by atoms with Crippen LogP contribution in [0.1, 0.15) is 41.0 Å². The average Bonchev–Trinajstić information content (AvgIpc) is 2.39. The van der Waals surface area contributed by atoms with E-state index in [4.69, 9.17) is 0 Å². The Labute approximate surface area is 119 Å². The van der Waals surface area contributed by atoms with Crippen LogP contribution in [0.3, 0.4) is 0 Å². The van der Waals surface area contributed by atoms with E-state index in [0.717, 1.165) is 19.6 Å². The van der Waals surface area contributed by atoms with Gasteiger partial charge >= 0.3 is 0 Å². The van der Waals surface area contributed by atoms with Crippen LogP contribution in [0.4, 0.5) is 0 Å².